The molecule has 0 amide bonds. The van der Waals surface area contributed by atoms with Crippen LogP contribution in [-0.4, -0.2) is 23.2 Å². The first-order chi connectivity index (χ1) is 7.15. The van der Waals surface area contributed by atoms with Crippen LogP contribution >= 0.6 is 23.2 Å². The van der Waals surface area contributed by atoms with Crippen LogP contribution in [0.4, 0.5) is 5.82 Å². The van der Waals surface area contributed by atoms with Crippen molar-refractivity contribution in [1.82, 2.24) is 4.98 Å². The van der Waals surface area contributed by atoms with Crippen molar-refractivity contribution < 1.29 is 5.11 Å². The second kappa shape index (κ2) is 4.16. The molecular weight excluding hydrogens is 235 g/mol. The van der Waals surface area contributed by atoms with E-state index in [0.717, 1.165) is 12.8 Å². The molecule has 0 aliphatic heterocycles. The van der Waals surface area contributed by atoms with E-state index in [2.05, 4.69) is 10.3 Å². The number of aliphatic hydroxyl groups excluding tert-OH is 1. The van der Waals surface area contributed by atoms with Gasteiger partial charge in [-0.05, 0) is 18.9 Å². The van der Waals surface area contributed by atoms with Crippen LogP contribution < -0.4 is 5.32 Å². The third-order valence-corrected chi connectivity index (χ3v) is 3.23. The Hall–Kier alpha value is -0.510. The summed E-state index contributed by atoms with van der Waals surface area (Å²) in [6.07, 6.45) is 3.66. The van der Waals surface area contributed by atoms with E-state index in [1.807, 2.05) is 0 Å². The molecule has 1 fully saturated rings. The molecule has 0 atom stereocenters. The summed E-state index contributed by atoms with van der Waals surface area (Å²) in [5.41, 5.74) is 0.0463. The molecule has 2 rings (SSSR count). The summed E-state index contributed by atoms with van der Waals surface area (Å²) in [5.74, 6) is 0.626. The third kappa shape index (κ3) is 2.54. The molecule has 0 bridgehead atoms. The van der Waals surface area contributed by atoms with Gasteiger partial charge >= 0.3 is 0 Å². The first kappa shape index (κ1) is 11.0. The largest absolute Gasteiger partial charge is 0.396 e. The molecule has 5 heteroatoms. The maximum atomic E-state index is 9.13. The van der Waals surface area contributed by atoms with Crippen molar-refractivity contribution in [1.29, 1.82) is 0 Å². The lowest BCUT2D eigenvalue weighted by Gasteiger charge is -2.13. The molecule has 0 radical (unpaired) electrons. The van der Waals surface area contributed by atoms with Gasteiger partial charge in [0.1, 0.15) is 5.82 Å². The summed E-state index contributed by atoms with van der Waals surface area (Å²) in [7, 11) is 0. The fraction of sp³-hybridized carbons (Fsp3) is 0.500. The zero-order chi connectivity index (χ0) is 10.9. The number of nitrogens with zero attached hydrogens (tertiary/aromatic N) is 1. The first-order valence-electron chi connectivity index (χ1n) is 4.81. The number of nitrogens with one attached hydrogen (secondary N) is 1. The molecule has 1 aromatic rings. The van der Waals surface area contributed by atoms with Crippen molar-refractivity contribution in [2.24, 2.45) is 5.41 Å². The summed E-state index contributed by atoms with van der Waals surface area (Å²) in [6.45, 7) is 0.920. The molecule has 1 saturated carbocycles. The minimum atomic E-state index is 0.0463. The van der Waals surface area contributed by atoms with Crippen molar-refractivity contribution in [3.8, 4) is 0 Å². The molecule has 0 aromatic carbocycles. The lowest BCUT2D eigenvalue weighted by molar-refractivity contribution is 0.219. The Morgan fingerprint density at radius 3 is 2.73 bits per heavy atom. The third-order valence-electron chi connectivity index (χ3n) is 2.73. The van der Waals surface area contributed by atoms with Crippen molar-refractivity contribution in [2.75, 3.05) is 18.5 Å². The maximum Gasteiger partial charge on any atom is 0.144 e. The molecule has 1 aliphatic rings. The van der Waals surface area contributed by atoms with Crippen LogP contribution in [-0.2, 0) is 0 Å². The van der Waals surface area contributed by atoms with E-state index in [9.17, 15) is 0 Å². The zero-order valence-corrected chi connectivity index (χ0v) is 9.65. The van der Waals surface area contributed by atoms with E-state index in [0.29, 0.717) is 22.4 Å². The van der Waals surface area contributed by atoms with Gasteiger partial charge in [-0.15, -0.1) is 0 Å². The van der Waals surface area contributed by atoms with Gasteiger partial charge in [0, 0.05) is 18.2 Å². The fourth-order valence-electron chi connectivity index (χ4n) is 1.38. The van der Waals surface area contributed by atoms with Gasteiger partial charge in [-0.3, -0.25) is 0 Å². The summed E-state index contributed by atoms with van der Waals surface area (Å²) in [6, 6.07) is 1.65. The molecule has 1 aliphatic carbocycles. The second-order valence-corrected chi connectivity index (χ2v) is 4.84. The van der Waals surface area contributed by atoms with E-state index < -0.39 is 0 Å². The Bertz CT molecular complexity index is 366. The van der Waals surface area contributed by atoms with Crippen LogP contribution in [0.3, 0.4) is 0 Å². The molecule has 0 saturated heterocycles. The van der Waals surface area contributed by atoms with Gasteiger partial charge in [0.05, 0.1) is 16.7 Å². The highest BCUT2D eigenvalue weighted by Gasteiger charge is 2.41. The Labute approximate surface area is 98.4 Å². The number of aliphatic hydroxyl groups is 1. The molecule has 2 N–H and O–H groups in total. The van der Waals surface area contributed by atoms with Gasteiger partial charge in [0.15, 0.2) is 0 Å². The minimum absolute atomic E-state index is 0.0463. The molecule has 82 valence electrons. The van der Waals surface area contributed by atoms with Crippen LogP contribution in [0.15, 0.2) is 12.3 Å². The van der Waals surface area contributed by atoms with Crippen LogP contribution in [0.2, 0.25) is 10.0 Å². The van der Waals surface area contributed by atoms with Gasteiger partial charge in [-0.1, -0.05) is 23.2 Å². The normalized spacial score (nSPS) is 17.5. The van der Waals surface area contributed by atoms with Crippen molar-refractivity contribution in [3.63, 3.8) is 0 Å². The van der Waals surface area contributed by atoms with Crippen molar-refractivity contribution in [3.05, 3.63) is 22.3 Å². The average molecular weight is 247 g/mol. The summed E-state index contributed by atoms with van der Waals surface area (Å²) < 4.78 is 0. The predicted molar refractivity (Wildman–Crippen MR) is 61.5 cm³/mol. The number of hydrogen-bond acceptors (Lipinski definition) is 3. The minimum Gasteiger partial charge on any atom is -0.396 e. The van der Waals surface area contributed by atoms with Crippen molar-refractivity contribution in [2.45, 2.75) is 12.8 Å². The molecule has 3 nitrogen and oxygen atoms in total. The summed E-state index contributed by atoms with van der Waals surface area (Å²) in [4.78, 5) is 4.09. The number of hydrogen-bond donors (Lipinski definition) is 2. The van der Waals surface area contributed by atoms with Gasteiger partial charge in [0.2, 0.25) is 0 Å². The Kier molecular flexibility index (Phi) is 3.05. The lowest BCUT2D eigenvalue weighted by atomic mass is 10.1. The standard InChI is InChI=1S/C10H12Cl2N2O/c11-7-3-8(12)9(13-4-7)14-5-10(6-15)1-2-10/h3-4,15H,1-2,5-6H2,(H,13,14). The highest BCUT2D eigenvalue weighted by Crippen LogP contribution is 2.45. The molecular formula is C10H12Cl2N2O. The molecule has 15 heavy (non-hydrogen) atoms. The van der Waals surface area contributed by atoms with Crippen LogP contribution in [0, 0.1) is 5.41 Å². The Morgan fingerprint density at radius 2 is 2.20 bits per heavy atom. The molecule has 1 heterocycles. The smallest absolute Gasteiger partial charge is 0.144 e. The van der Waals surface area contributed by atoms with E-state index >= 15 is 0 Å². The van der Waals surface area contributed by atoms with E-state index in [-0.39, 0.29) is 12.0 Å². The number of anilines is 1. The van der Waals surface area contributed by atoms with Gasteiger partial charge in [0.25, 0.3) is 0 Å². The summed E-state index contributed by atoms with van der Waals surface area (Å²) in [5, 5.41) is 13.3. The molecule has 1 aromatic heterocycles. The zero-order valence-electron chi connectivity index (χ0n) is 8.13. The number of aromatic nitrogens is 1. The fourth-order valence-corrected chi connectivity index (χ4v) is 1.83. The lowest BCUT2D eigenvalue weighted by Crippen LogP contribution is -2.19. The molecule has 0 spiro atoms. The van der Waals surface area contributed by atoms with Gasteiger partial charge < -0.3 is 10.4 Å². The van der Waals surface area contributed by atoms with Crippen LogP contribution in [0.25, 0.3) is 0 Å². The van der Waals surface area contributed by atoms with E-state index in [1.54, 1.807) is 12.3 Å². The van der Waals surface area contributed by atoms with Crippen LogP contribution in [0.5, 0.6) is 0 Å². The topological polar surface area (TPSA) is 45.1 Å². The SMILES string of the molecule is OCC1(CNc2ncc(Cl)cc2Cl)CC1. The highest BCUT2D eigenvalue weighted by molar-refractivity contribution is 6.35. The van der Waals surface area contributed by atoms with Gasteiger partial charge in [-0.2, -0.15) is 0 Å². The maximum absolute atomic E-state index is 9.13. The van der Waals surface area contributed by atoms with Crippen molar-refractivity contribution >= 4 is 29.0 Å². The highest BCUT2D eigenvalue weighted by atomic mass is 35.5. The average Bonchev–Trinajstić information content (AvgIpc) is 2.97. The monoisotopic (exact) mass is 246 g/mol. The van der Waals surface area contributed by atoms with Crippen LogP contribution in [0.1, 0.15) is 12.8 Å². The number of halogens is 2. The second-order valence-electron chi connectivity index (χ2n) is 4.00. The Morgan fingerprint density at radius 1 is 1.47 bits per heavy atom. The van der Waals surface area contributed by atoms with E-state index in [4.69, 9.17) is 28.3 Å². The quantitative estimate of drug-likeness (QED) is 0.859. The molecule has 0 unspecified atom stereocenters. The predicted octanol–water partition coefficient (Wildman–Crippen LogP) is 2.57. The number of rotatable bonds is 4. The van der Waals surface area contributed by atoms with E-state index in [1.165, 1.54) is 0 Å². The Balaban J connectivity index is 1.99. The summed E-state index contributed by atoms with van der Waals surface area (Å²) >= 11 is 11.7. The first-order valence-corrected chi connectivity index (χ1v) is 5.57. The number of pyridine rings is 1. The van der Waals surface area contributed by atoms with Gasteiger partial charge in [-0.25, -0.2) is 4.98 Å².